The van der Waals surface area contributed by atoms with Crippen LogP contribution in [0.15, 0.2) is 60.9 Å². The molecule has 2 aromatic heterocycles. The molecular formula is C42H66N6O4Si3. The fourth-order valence-electron chi connectivity index (χ4n) is 6.49. The fraction of sp³-hybridized carbons (Fsp3) is 0.595. The van der Waals surface area contributed by atoms with Gasteiger partial charge < -0.3 is 28.2 Å². The molecule has 4 heterocycles. The van der Waals surface area contributed by atoms with Crippen LogP contribution in [-0.4, -0.2) is 75.9 Å². The second-order valence-electron chi connectivity index (χ2n) is 20.0. The van der Waals surface area contributed by atoms with Crippen molar-refractivity contribution in [3.63, 3.8) is 0 Å². The van der Waals surface area contributed by atoms with E-state index < -0.39 is 49.5 Å². The van der Waals surface area contributed by atoms with Crippen LogP contribution < -0.4 is 10.2 Å². The highest BCUT2D eigenvalue weighted by Gasteiger charge is 2.55. The number of para-hydroxylation sites is 2. The summed E-state index contributed by atoms with van der Waals surface area (Å²) in [6, 6.07) is 18.7. The molecule has 2 aromatic carbocycles. The number of hydrogen-bond donors (Lipinski definition) is 1. The third-order valence-corrected chi connectivity index (χ3v) is 26.5. The Hall–Kier alpha value is -2.92. The molecule has 0 amide bonds. The van der Waals surface area contributed by atoms with Gasteiger partial charge in [-0.3, -0.25) is 4.57 Å². The molecule has 6 rings (SSSR count). The van der Waals surface area contributed by atoms with E-state index in [-0.39, 0.29) is 15.1 Å². The average Bonchev–Trinajstić information content (AvgIpc) is 3.76. The molecule has 0 radical (unpaired) electrons. The number of nitrogens with zero attached hydrogens (tertiary/aromatic N) is 5. The molecule has 13 heteroatoms. The molecule has 1 saturated heterocycles. The van der Waals surface area contributed by atoms with Gasteiger partial charge in [0.25, 0.3) is 0 Å². The second-order valence-corrected chi connectivity index (χ2v) is 34.3. The van der Waals surface area contributed by atoms with Crippen molar-refractivity contribution in [2.45, 2.75) is 148 Å². The Bertz CT molecular complexity index is 1970. The van der Waals surface area contributed by atoms with Crippen molar-refractivity contribution >= 4 is 59.3 Å². The normalized spacial score (nSPS) is 21.4. The first-order valence-corrected chi connectivity index (χ1v) is 28.7. The predicted octanol–water partition coefficient (Wildman–Crippen LogP) is 11.0. The van der Waals surface area contributed by atoms with E-state index >= 15 is 0 Å². The number of hydrogen-bond acceptors (Lipinski definition) is 9. The predicted molar refractivity (Wildman–Crippen MR) is 233 cm³/mol. The van der Waals surface area contributed by atoms with Crippen molar-refractivity contribution in [2.75, 3.05) is 23.4 Å². The minimum absolute atomic E-state index is 0.0344. The molecule has 55 heavy (non-hydrogen) atoms. The van der Waals surface area contributed by atoms with Crippen LogP contribution >= 0.6 is 0 Å². The molecular weight excluding hydrogens is 737 g/mol. The van der Waals surface area contributed by atoms with Gasteiger partial charge in [-0.1, -0.05) is 98.7 Å². The maximum Gasteiger partial charge on any atom is 0.212 e. The molecule has 1 fully saturated rings. The van der Waals surface area contributed by atoms with Crippen LogP contribution in [0.5, 0.6) is 0 Å². The number of imidazole rings is 1. The lowest BCUT2D eigenvalue weighted by molar-refractivity contribution is -0.0460. The zero-order valence-electron chi connectivity index (χ0n) is 36.1. The molecule has 0 aliphatic carbocycles. The Morgan fingerprint density at radius 2 is 1.33 bits per heavy atom. The Morgan fingerprint density at radius 1 is 0.745 bits per heavy atom. The zero-order chi connectivity index (χ0) is 40.4. The summed E-state index contributed by atoms with van der Waals surface area (Å²) in [6.07, 6.45) is 0.719. The molecule has 4 aromatic rings. The van der Waals surface area contributed by atoms with Crippen molar-refractivity contribution in [3.8, 4) is 0 Å². The minimum Gasteiger partial charge on any atom is -0.414 e. The Labute approximate surface area is 333 Å². The Kier molecular flexibility index (Phi) is 11.2. The van der Waals surface area contributed by atoms with Crippen LogP contribution in [0.2, 0.25) is 54.4 Å². The third kappa shape index (κ3) is 8.26. The Morgan fingerprint density at radius 3 is 1.95 bits per heavy atom. The van der Waals surface area contributed by atoms with Crippen molar-refractivity contribution in [1.82, 2.24) is 19.5 Å². The molecule has 10 nitrogen and oxygen atoms in total. The highest BCUT2D eigenvalue weighted by atomic mass is 28.4. The fourth-order valence-corrected chi connectivity index (χ4v) is 10.1. The number of nitrogens with one attached hydrogen (secondary N) is 1. The van der Waals surface area contributed by atoms with Gasteiger partial charge >= 0.3 is 0 Å². The summed E-state index contributed by atoms with van der Waals surface area (Å²) in [5.74, 6) is 1.39. The molecule has 2 aliphatic heterocycles. The summed E-state index contributed by atoms with van der Waals surface area (Å²) in [5.41, 5.74) is 4.74. The minimum atomic E-state index is -2.41. The van der Waals surface area contributed by atoms with Crippen molar-refractivity contribution in [2.24, 2.45) is 0 Å². The lowest BCUT2D eigenvalue weighted by Crippen LogP contribution is -2.54. The first-order chi connectivity index (χ1) is 25.4. The molecule has 0 spiro atoms. The lowest BCUT2D eigenvalue weighted by Gasteiger charge is -2.44. The standard InChI is InChI=1S/C42H66N6O4Si3/c1-40(2,3)53(10,11)49-27-32-34(51-54(12,13)41(4,5)6)35(52-55(14,15)42(7,8)9)38(50-32)48-37-33(46-39(48)45-30-22-17-16-18-23-30)36(43-28-44-37)47-26-25-29-21-19-20-24-31(29)47/h16-24,28,32,34-35,38H,25-27H2,1-15H3,(H,45,46)/t32-,34-,35-,38-/m1/s1. The summed E-state index contributed by atoms with van der Waals surface area (Å²) in [5, 5.41) is 3.59. The van der Waals surface area contributed by atoms with Gasteiger partial charge in [-0.2, -0.15) is 0 Å². The zero-order valence-corrected chi connectivity index (χ0v) is 39.1. The van der Waals surface area contributed by atoms with E-state index in [2.05, 4.69) is 141 Å². The molecule has 300 valence electrons. The van der Waals surface area contributed by atoms with Gasteiger partial charge in [0, 0.05) is 17.9 Å². The smallest absolute Gasteiger partial charge is 0.212 e. The topological polar surface area (TPSA) is 95.8 Å². The maximum atomic E-state index is 7.57. The van der Waals surface area contributed by atoms with Gasteiger partial charge in [-0.25, -0.2) is 15.0 Å². The first-order valence-electron chi connectivity index (χ1n) is 20.0. The van der Waals surface area contributed by atoms with Gasteiger partial charge in [-0.05, 0) is 84.6 Å². The molecule has 0 saturated carbocycles. The number of anilines is 4. The third-order valence-electron chi connectivity index (χ3n) is 13.1. The molecule has 0 unspecified atom stereocenters. The highest BCUT2D eigenvalue weighted by molar-refractivity contribution is 6.75. The number of aromatic nitrogens is 4. The van der Waals surface area contributed by atoms with E-state index in [0.29, 0.717) is 23.7 Å². The quantitative estimate of drug-likeness (QED) is 0.149. The summed E-state index contributed by atoms with van der Waals surface area (Å²) >= 11 is 0. The van der Waals surface area contributed by atoms with E-state index in [0.717, 1.165) is 30.2 Å². The second kappa shape index (κ2) is 14.8. The van der Waals surface area contributed by atoms with Gasteiger partial charge in [0.05, 0.1) is 6.61 Å². The number of benzene rings is 2. The summed E-state index contributed by atoms with van der Waals surface area (Å²) in [4.78, 5) is 17.5. The first kappa shape index (κ1) is 41.7. The van der Waals surface area contributed by atoms with Crippen LogP contribution in [0.1, 0.15) is 74.1 Å². The number of fused-ring (bicyclic) bond motifs is 2. The van der Waals surface area contributed by atoms with Crippen molar-refractivity contribution in [3.05, 3.63) is 66.5 Å². The summed E-state index contributed by atoms with van der Waals surface area (Å²) < 4.78 is 31.5. The van der Waals surface area contributed by atoms with Crippen LogP contribution in [0.4, 0.5) is 23.1 Å². The van der Waals surface area contributed by atoms with E-state index in [1.165, 1.54) is 5.56 Å². The van der Waals surface area contributed by atoms with E-state index in [1.54, 1.807) is 6.33 Å². The SMILES string of the molecule is CC(C)(C)[Si](C)(C)OC[C@H]1O[C@@H](n2c(Nc3ccccc3)nc3c(N4CCc5ccccc54)ncnc32)[C@H](O[Si](C)(C)C(C)(C)C)[C@@H]1O[Si](C)(C)C(C)(C)C. The molecule has 4 atom stereocenters. The van der Waals surface area contributed by atoms with E-state index in [4.69, 9.17) is 33.0 Å². The number of rotatable bonds is 11. The van der Waals surface area contributed by atoms with Crippen LogP contribution in [-0.2, 0) is 24.4 Å². The molecule has 2 aliphatic rings. The molecule has 0 bridgehead atoms. The van der Waals surface area contributed by atoms with E-state index in [1.807, 2.05) is 30.3 Å². The maximum absolute atomic E-state index is 7.57. The van der Waals surface area contributed by atoms with E-state index in [9.17, 15) is 0 Å². The highest BCUT2D eigenvalue weighted by Crippen LogP contribution is 2.48. The van der Waals surface area contributed by atoms with Gasteiger partial charge in [0.1, 0.15) is 24.6 Å². The molecule has 1 N–H and O–H groups in total. The summed E-state index contributed by atoms with van der Waals surface area (Å²) in [6.45, 7) is 35.6. The number of ether oxygens (including phenoxy) is 1. The van der Waals surface area contributed by atoms with Gasteiger partial charge in [-0.15, -0.1) is 0 Å². The van der Waals surface area contributed by atoms with Crippen LogP contribution in [0.25, 0.3) is 11.2 Å². The van der Waals surface area contributed by atoms with Crippen molar-refractivity contribution in [1.29, 1.82) is 0 Å². The average molecular weight is 803 g/mol. The lowest BCUT2D eigenvalue weighted by atomic mass is 10.1. The van der Waals surface area contributed by atoms with Gasteiger partial charge in [0.15, 0.2) is 48.2 Å². The van der Waals surface area contributed by atoms with Crippen LogP contribution in [0, 0.1) is 0 Å². The Balaban J connectivity index is 1.56. The van der Waals surface area contributed by atoms with Gasteiger partial charge in [0.2, 0.25) is 5.95 Å². The summed E-state index contributed by atoms with van der Waals surface area (Å²) in [7, 11) is -6.92. The van der Waals surface area contributed by atoms with Crippen LogP contribution in [0.3, 0.4) is 0 Å². The largest absolute Gasteiger partial charge is 0.414 e. The monoisotopic (exact) mass is 802 g/mol. The van der Waals surface area contributed by atoms with Crippen molar-refractivity contribution < 1.29 is 18.0 Å².